The first-order valence-electron chi connectivity index (χ1n) is 6.35. The first-order chi connectivity index (χ1) is 8.49. The van der Waals surface area contributed by atoms with E-state index in [4.69, 9.17) is 5.73 Å². The van der Waals surface area contributed by atoms with Gasteiger partial charge in [-0.15, -0.1) is 11.3 Å². The Morgan fingerprint density at radius 1 is 1.06 bits per heavy atom. The lowest BCUT2D eigenvalue weighted by Crippen LogP contribution is -2.14. The van der Waals surface area contributed by atoms with Crippen LogP contribution >= 0.6 is 11.3 Å². The van der Waals surface area contributed by atoms with Gasteiger partial charge >= 0.3 is 0 Å². The second-order valence-electron chi connectivity index (χ2n) is 5.16. The SMILES string of the molecule is Cc1cc(C)c(CC(N)c2sccc2C)c(C)c1. The molecule has 0 radical (unpaired) electrons. The summed E-state index contributed by atoms with van der Waals surface area (Å²) in [4.78, 5) is 1.31. The third-order valence-electron chi connectivity index (χ3n) is 3.50. The molecule has 2 aromatic rings. The summed E-state index contributed by atoms with van der Waals surface area (Å²) in [6, 6.07) is 6.76. The van der Waals surface area contributed by atoms with Gasteiger partial charge in [0.1, 0.15) is 0 Å². The molecule has 0 saturated carbocycles. The van der Waals surface area contributed by atoms with Gasteiger partial charge in [0.25, 0.3) is 0 Å². The molecule has 0 saturated heterocycles. The van der Waals surface area contributed by atoms with Crippen LogP contribution < -0.4 is 5.73 Å². The maximum atomic E-state index is 6.36. The lowest BCUT2D eigenvalue weighted by atomic mass is 9.93. The molecule has 1 unspecified atom stereocenters. The molecule has 96 valence electrons. The largest absolute Gasteiger partial charge is 0.323 e. The van der Waals surface area contributed by atoms with E-state index in [0.717, 1.165) is 6.42 Å². The van der Waals surface area contributed by atoms with E-state index >= 15 is 0 Å². The van der Waals surface area contributed by atoms with Crippen LogP contribution in [0.5, 0.6) is 0 Å². The van der Waals surface area contributed by atoms with Gasteiger partial charge in [-0.25, -0.2) is 0 Å². The number of hydrogen-bond donors (Lipinski definition) is 1. The van der Waals surface area contributed by atoms with Crippen molar-refractivity contribution in [3.05, 3.63) is 56.3 Å². The van der Waals surface area contributed by atoms with Gasteiger partial charge in [0, 0.05) is 10.9 Å². The van der Waals surface area contributed by atoms with Crippen molar-refractivity contribution in [2.75, 3.05) is 0 Å². The third kappa shape index (κ3) is 2.65. The van der Waals surface area contributed by atoms with Gasteiger partial charge in [-0.1, -0.05) is 17.7 Å². The lowest BCUT2D eigenvalue weighted by molar-refractivity contribution is 0.725. The van der Waals surface area contributed by atoms with Crippen molar-refractivity contribution >= 4 is 11.3 Å². The van der Waals surface area contributed by atoms with Gasteiger partial charge in [0.2, 0.25) is 0 Å². The second-order valence-corrected chi connectivity index (χ2v) is 6.10. The quantitative estimate of drug-likeness (QED) is 0.877. The summed E-state index contributed by atoms with van der Waals surface area (Å²) >= 11 is 1.77. The zero-order valence-electron chi connectivity index (χ0n) is 11.6. The summed E-state index contributed by atoms with van der Waals surface area (Å²) in [5, 5.41) is 2.12. The van der Waals surface area contributed by atoms with E-state index in [1.165, 1.54) is 32.7 Å². The van der Waals surface area contributed by atoms with Crippen LogP contribution in [0.2, 0.25) is 0 Å². The molecular weight excluding hydrogens is 238 g/mol. The Balaban J connectivity index is 2.27. The summed E-state index contributed by atoms with van der Waals surface area (Å²) < 4.78 is 0. The topological polar surface area (TPSA) is 26.0 Å². The van der Waals surface area contributed by atoms with E-state index in [-0.39, 0.29) is 6.04 Å². The van der Waals surface area contributed by atoms with Crippen LogP contribution in [0, 0.1) is 27.7 Å². The van der Waals surface area contributed by atoms with E-state index < -0.39 is 0 Å². The Labute approximate surface area is 114 Å². The normalized spacial score (nSPS) is 12.7. The van der Waals surface area contributed by atoms with E-state index in [1.807, 2.05) is 0 Å². The number of nitrogens with two attached hydrogens (primary N) is 1. The van der Waals surface area contributed by atoms with Gasteiger partial charge in [-0.2, -0.15) is 0 Å². The van der Waals surface area contributed by atoms with Crippen LogP contribution in [0.3, 0.4) is 0 Å². The van der Waals surface area contributed by atoms with Gasteiger partial charge in [-0.3, -0.25) is 0 Å². The molecule has 2 rings (SSSR count). The van der Waals surface area contributed by atoms with Crippen LogP contribution in [-0.4, -0.2) is 0 Å². The fraction of sp³-hybridized carbons (Fsp3) is 0.375. The lowest BCUT2D eigenvalue weighted by Gasteiger charge is -2.16. The molecule has 1 aromatic carbocycles. The maximum Gasteiger partial charge on any atom is 0.0433 e. The summed E-state index contributed by atoms with van der Waals surface area (Å²) in [7, 11) is 0. The number of thiophene rings is 1. The minimum absolute atomic E-state index is 0.116. The van der Waals surface area contributed by atoms with E-state index in [0.29, 0.717) is 0 Å². The zero-order valence-corrected chi connectivity index (χ0v) is 12.4. The standard InChI is InChI=1S/C16H21NS/c1-10-7-12(3)14(13(4)8-10)9-15(17)16-11(2)5-6-18-16/h5-8,15H,9,17H2,1-4H3. The van der Waals surface area contributed by atoms with Crippen molar-refractivity contribution in [1.82, 2.24) is 0 Å². The van der Waals surface area contributed by atoms with Crippen LogP contribution in [-0.2, 0) is 6.42 Å². The average Bonchev–Trinajstić information content (AvgIpc) is 2.69. The number of hydrogen-bond acceptors (Lipinski definition) is 2. The van der Waals surface area contributed by atoms with Crippen LogP contribution in [0.15, 0.2) is 23.6 Å². The Bertz CT molecular complexity index is 531. The highest BCUT2D eigenvalue weighted by atomic mass is 32.1. The fourth-order valence-electron chi connectivity index (χ4n) is 2.61. The van der Waals surface area contributed by atoms with Crippen molar-refractivity contribution in [2.24, 2.45) is 5.73 Å². The average molecular weight is 259 g/mol. The Morgan fingerprint density at radius 3 is 2.17 bits per heavy atom. The molecule has 1 atom stereocenters. The fourth-order valence-corrected chi connectivity index (χ4v) is 3.54. The maximum absolute atomic E-state index is 6.36. The molecule has 1 aromatic heterocycles. The second kappa shape index (κ2) is 5.25. The summed E-state index contributed by atoms with van der Waals surface area (Å²) in [6.07, 6.45) is 0.930. The first-order valence-corrected chi connectivity index (χ1v) is 7.23. The molecule has 1 heterocycles. The number of benzene rings is 1. The Kier molecular flexibility index (Phi) is 3.88. The van der Waals surface area contributed by atoms with E-state index in [1.54, 1.807) is 11.3 Å². The summed E-state index contributed by atoms with van der Waals surface area (Å²) in [6.45, 7) is 8.65. The molecule has 0 aliphatic rings. The van der Waals surface area contributed by atoms with Crippen molar-refractivity contribution in [1.29, 1.82) is 0 Å². The highest BCUT2D eigenvalue weighted by Crippen LogP contribution is 2.27. The minimum atomic E-state index is 0.116. The van der Waals surface area contributed by atoms with Crippen molar-refractivity contribution in [3.63, 3.8) is 0 Å². The van der Waals surface area contributed by atoms with Crippen molar-refractivity contribution < 1.29 is 0 Å². The monoisotopic (exact) mass is 259 g/mol. The molecule has 0 spiro atoms. The molecule has 2 N–H and O–H groups in total. The third-order valence-corrected chi connectivity index (χ3v) is 4.65. The van der Waals surface area contributed by atoms with E-state index in [9.17, 15) is 0 Å². The molecular formula is C16H21NS. The predicted molar refractivity (Wildman–Crippen MR) is 80.3 cm³/mol. The molecule has 0 amide bonds. The minimum Gasteiger partial charge on any atom is -0.323 e. The van der Waals surface area contributed by atoms with Crippen molar-refractivity contribution in [3.8, 4) is 0 Å². The highest BCUT2D eigenvalue weighted by Gasteiger charge is 2.14. The Morgan fingerprint density at radius 2 is 1.67 bits per heavy atom. The Hall–Kier alpha value is -1.12. The first kappa shape index (κ1) is 13.3. The molecule has 0 bridgehead atoms. The summed E-state index contributed by atoms with van der Waals surface area (Å²) in [5.74, 6) is 0. The van der Waals surface area contributed by atoms with Crippen molar-refractivity contribution in [2.45, 2.75) is 40.2 Å². The van der Waals surface area contributed by atoms with Crippen LogP contribution in [0.25, 0.3) is 0 Å². The summed E-state index contributed by atoms with van der Waals surface area (Å²) in [5.41, 5.74) is 13.1. The van der Waals surface area contributed by atoms with Gasteiger partial charge in [-0.05, 0) is 67.8 Å². The number of aryl methyl sites for hydroxylation is 4. The molecule has 0 aliphatic carbocycles. The molecule has 18 heavy (non-hydrogen) atoms. The van der Waals surface area contributed by atoms with E-state index in [2.05, 4.69) is 51.3 Å². The number of rotatable bonds is 3. The molecule has 2 heteroatoms. The smallest absolute Gasteiger partial charge is 0.0433 e. The molecule has 0 fully saturated rings. The van der Waals surface area contributed by atoms with Gasteiger partial charge < -0.3 is 5.73 Å². The van der Waals surface area contributed by atoms with Gasteiger partial charge in [0.05, 0.1) is 0 Å². The van der Waals surface area contributed by atoms with Crippen LogP contribution in [0.1, 0.15) is 38.7 Å². The van der Waals surface area contributed by atoms with Crippen LogP contribution in [0.4, 0.5) is 0 Å². The molecule has 0 aliphatic heterocycles. The molecule has 1 nitrogen and oxygen atoms in total. The van der Waals surface area contributed by atoms with Gasteiger partial charge in [0.15, 0.2) is 0 Å². The highest BCUT2D eigenvalue weighted by molar-refractivity contribution is 7.10. The predicted octanol–water partition coefficient (Wildman–Crippen LogP) is 4.22. The zero-order chi connectivity index (χ0) is 13.3.